The van der Waals surface area contributed by atoms with Gasteiger partial charge in [-0.3, -0.25) is 0 Å². The summed E-state index contributed by atoms with van der Waals surface area (Å²) in [5.41, 5.74) is 0. The standard InChI is InChI=1S/C14H27/c1-3-5-7-9-11-13-14-12-10-8-6-4-2/h3,6,8H,4-5,7,9-14H2,1-2H3/b8-6+. The first-order chi connectivity index (χ1) is 6.91. The maximum Gasteiger partial charge on any atom is -0.0351 e. The van der Waals surface area contributed by atoms with Crippen LogP contribution >= 0.6 is 0 Å². The molecule has 0 aromatic carbocycles. The van der Waals surface area contributed by atoms with Crippen LogP contribution in [-0.4, -0.2) is 0 Å². The first-order valence-electron chi connectivity index (χ1n) is 6.34. The van der Waals surface area contributed by atoms with Gasteiger partial charge in [-0.2, -0.15) is 0 Å². The van der Waals surface area contributed by atoms with Gasteiger partial charge >= 0.3 is 0 Å². The van der Waals surface area contributed by atoms with Gasteiger partial charge < -0.3 is 0 Å². The lowest BCUT2D eigenvalue weighted by atomic mass is 10.1. The SMILES string of the molecule is C[CH]CCCCCCCC/C=C/CC. The van der Waals surface area contributed by atoms with Crippen molar-refractivity contribution in [3.8, 4) is 0 Å². The highest BCUT2D eigenvalue weighted by atomic mass is 14.0. The molecule has 0 unspecified atom stereocenters. The Bertz CT molecular complexity index is 113. The van der Waals surface area contributed by atoms with Crippen LogP contribution in [0.5, 0.6) is 0 Å². The number of rotatable bonds is 10. The summed E-state index contributed by atoms with van der Waals surface area (Å²) in [7, 11) is 0. The Labute approximate surface area is 90.8 Å². The molecule has 1 radical (unpaired) electrons. The molecule has 83 valence electrons. The molecule has 0 heteroatoms. The summed E-state index contributed by atoms with van der Waals surface area (Å²) in [4.78, 5) is 0. The minimum absolute atomic E-state index is 1.19. The number of hydrogen-bond acceptors (Lipinski definition) is 0. The molecule has 0 aromatic rings. The van der Waals surface area contributed by atoms with E-state index in [-0.39, 0.29) is 0 Å². The highest BCUT2D eigenvalue weighted by Gasteiger charge is 1.89. The van der Waals surface area contributed by atoms with Crippen molar-refractivity contribution in [2.75, 3.05) is 0 Å². The lowest BCUT2D eigenvalue weighted by Crippen LogP contribution is -1.80. The van der Waals surface area contributed by atoms with E-state index in [0.717, 1.165) is 0 Å². The summed E-state index contributed by atoms with van der Waals surface area (Å²) >= 11 is 0. The van der Waals surface area contributed by atoms with Crippen molar-refractivity contribution < 1.29 is 0 Å². The van der Waals surface area contributed by atoms with Crippen LogP contribution in [0.15, 0.2) is 12.2 Å². The zero-order chi connectivity index (χ0) is 10.5. The topological polar surface area (TPSA) is 0 Å². The van der Waals surface area contributed by atoms with E-state index in [1.807, 2.05) is 0 Å². The Balaban J connectivity index is 2.88. The fraction of sp³-hybridized carbons (Fsp3) is 0.786. The molecule has 0 spiro atoms. The minimum Gasteiger partial charge on any atom is -0.0888 e. The first-order valence-corrected chi connectivity index (χ1v) is 6.34. The van der Waals surface area contributed by atoms with E-state index in [1.54, 1.807) is 0 Å². The number of hydrogen-bond donors (Lipinski definition) is 0. The van der Waals surface area contributed by atoms with Gasteiger partial charge in [0.15, 0.2) is 0 Å². The highest BCUT2D eigenvalue weighted by Crippen LogP contribution is 2.09. The molecular weight excluding hydrogens is 168 g/mol. The Hall–Kier alpha value is -0.260. The summed E-state index contributed by atoms with van der Waals surface area (Å²) in [6, 6.07) is 0. The van der Waals surface area contributed by atoms with E-state index in [0.29, 0.717) is 0 Å². The zero-order valence-electron chi connectivity index (χ0n) is 10.1. The quantitative estimate of drug-likeness (QED) is 0.328. The molecule has 0 saturated heterocycles. The monoisotopic (exact) mass is 195 g/mol. The second-order valence-electron chi connectivity index (χ2n) is 3.99. The van der Waals surface area contributed by atoms with Gasteiger partial charge in [0.1, 0.15) is 0 Å². The summed E-state index contributed by atoms with van der Waals surface area (Å²) in [6.45, 7) is 4.35. The Morgan fingerprint density at radius 1 is 0.714 bits per heavy atom. The molecule has 0 atom stereocenters. The molecule has 0 bridgehead atoms. The van der Waals surface area contributed by atoms with Gasteiger partial charge in [0, 0.05) is 0 Å². The third kappa shape index (κ3) is 11.7. The van der Waals surface area contributed by atoms with Crippen LogP contribution in [0.3, 0.4) is 0 Å². The van der Waals surface area contributed by atoms with Gasteiger partial charge in [0.2, 0.25) is 0 Å². The van der Waals surface area contributed by atoms with Crippen molar-refractivity contribution in [2.24, 2.45) is 0 Å². The molecule has 0 amide bonds. The van der Waals surface area contributed by atoms with E-state index >= 15 is 0 Å². The third-order valence-electron chi connectivity index (χ3n) is 2.52. The normalized spacial score (nSPS) is 11.3. The van der Waals surface area contributed by atoms with E-state index in [1.165, 1.54) is 57.8 Å². The Morgan fingerprint density at radius 2 is 1.29 bits per heavy atom. The van der Waals surface area contributed by atoms with Gasteiger partial charge in [-0.05, 0) is 25.7 Å². The molecule has 0 aromatic heterocycles. The molecular formula is C14H27. The van der Waals surface area contributed by atoms with E-state index in [4.69, 9.17) is 0 Å². The Morgan fingerprint density at radius 3 is 1.86 bits per heavy atom. The molecule has 0 nitrogen and oxygen atoms in total. The van der Waals surface area contributed by atoms with E-state index in [9.17, 15) is 0 Å². The van der Waals surface area contributed by atoms with Crippen LogP contribution in [0.25, 0.3) is 0 Å². The van der Waals surface area contributed by atoms with Crippen molar-refractivity contribution in [2.45, 2.75) is 71.6 Å². The molecule has 0 saturated carbocycles. The molecule has 0 heterocycles. The van der Waals surface area contributed by atoms with E-state index in [2.05, 4.69) is 32.4 Å². The smallest absolute Gasteiger partial charge is 0.0351 e. The van der Waals surface area contributed by atoms with Crippen molar-refractivity contribution in [3.63, 3.8) is 0 Å². The Kier molecular flexibility index (Phi) is 12.5. The molecule has 0 N–H and O–H groups in total. The lowest BCUT2D eigenvalue weighted by molar-refractivity contribution is 0.595. The fourth-order valence-corrected chi connectivity index (χ4v) is 1.60. The molecule has 14 heavy (non-hydrogen) atoms. The maximum atomic E-state index is 2.33. The zero-order valence-corrected chi connectivity index (χ0v) is 10.1. The number of unbranched alkanes of at least 4 members (excludes halogenated alkanes) is 8. The average Bonchev–Trinajstić information content (AvgIpc) is 2.21. The predicted molar refractivity (Wildman–Crippen MR) is 66.3 cm³/mol. The summed E-state index contributed by atoms with van der Waals surface area (Å²) < 4.78 is 0. The molecule has 0 fully saturated rings. The van der Waals surface area contributed by atoms with Crippen LogP contribution in [0.2, 0.25) is 0 Å². The van der Waals surface area contributed by atoms with Crippen LogP contribution in [0, 0.1) is 6.42 Å². The van der Waals surface area contributed by atoms with E-state index < -0.39 is 0 Å². The second-order valence-corrected chi connectivity index (χ2v) is 3.99. The van der Waals surface area contributed by atoms with Gasteiger partial charge in [0.05, 0.1) is 0 Å². The van der Waals surface area contributed by atoms with Crippen LogP contribution in [0.4, 0.5) is 0 Å². The fourth-order valence-electron chi connectivity index (χ4n) is 1.60. The predicted octanol–water partition coefficient (Wildman–Crippen LogP) is 5.30. The average molecular weight is 195 g/mol. The summed E-state index contributed by atoms with van der Waals surface area (Å²) in [5.74, 6) is 0. The van der Waals surface area contributed by atoms with Gasteiger partial charge in [-0.15, -0.1) is 0 Å². The minimum atomic E-state index is 1.19. The van der Waals surface area contributed by atoms with Crippen LogP contribution in [0.1, 0.15) is 71.6 Å². The summed E-state index contributed by atoms with van der Waals surface area (Å²) in [6.07, 6.45) is 19.2. The maximum absolute atomic E-state index is 2.33. The first kappa shape index (κ1) is 13.7. The largest absolute Gasteiger partial charge is 0.0888 e. The van der Waals surface area contributed by atoms with Gasteiger partial charge in [-0.25, -0.2) is 0 Å². The van der Waals surface area contributed by atoms with Crippen molar-refractivity contribution in [3.05, 3.63) is 18.6 Å². The lowest BCUT2D eigenvalue weighted by Gasteiger charge is -1.99. The van der Waals surface area contributed by atoms with Gasteiger partial charge in [-0.1, -0.05) is 64.5 Å². The molecule has 0 aliphatic rings. The van der Waals surface area contributed by atoms with Gasteiger partial charge in [0.25, 0.3) is 0 Å². The summed E-state index contributed by atoms with van der Waals surface area (Å²) in [5, 5.41) is 0. The molecule has 0 rings (SSSR count). The van der Waals surface area contributed by atoms with Crippen LogP contribution in [-0.2, 0) is 0 Å². The molecule has 0 aliphatic carbocycles. The van der Waals surface area contributed by atoms with Crippen molar-refractivity contribution in [1.82, 2.24) is 0 Å². The van der Waals surface area contributed by atoms with Crippen molar-refractivity contribution in [1.29, 1.82) is 0 Å². The highest BCUT2D eigenvalue weighted by molar-refractivity contribution is 4.79. The number of allylic oxidation sites excluding steroid dienone is 2. The van der Waals surface area contributed by atoms with Crippen molar-refractivity contribution >= 4 is 0 Å². The molecule has 0 aliphatic heterocycles. The van der Waals surface area contributed by atoms with Crippen LogP contribution < -0.4 is 0 Å². The second kappa shape index (κ2) is 12.7. The third-order valence-corrected chi connectivity index (χ3v) is 2.52.